The van der Waals surface area contributed by atoms with Crippen LogP contribution in [-0.4, -0.2) is 33.0 Å². The van der Waals surface area contributed by atoms with Gasteiger partial charge in [0.2, 0.25) is 5.91 Å². The first-order chi connectivity index (χ1) is 14.9. The number of thioether (sulfide) groups is 1. The van der Waals surface area contributed by atoms with Crippen molar-refractivity contribution in [3.63, 3.8) is 0 Å². The Morgan fingerprint density at radius 3 is 2.74 bits per heavy atom. The molecule has 1 fully saturated rings. The molecule has 162 valence electrons. The number of rotatable bonds is 7. The van der Waals surface area contributed by atoms with Crippen LogP contribution in [-0.2, 0) is 4.79 Å². The van der Waals surface area contributed by atoms with Gasteiger partial charge in [0.1, 0.15) is 11.6 Å². The molecule has 6 nitrogen and oxygen atoms in total. The van der Waals surface area contributed by atoms with Crippen LogP contribution in [0, 0.1) is 12.7 Å². The lowest BCUT2D eigenvalue weighted by molar-refractivity contribution is -0.115. The molecule has 0 saturated heterocycles. The van der Waals surface area contributed by atoms with Crippen LogP contribution in [0.5, 0.6) is 5.75 Å². The molecule has 0 radical (unpaired) electrons. The molecule has 31 heavy (non-hydrogen) atoms. The molecular formula is C22H22ClFN4O2S. The molecule has 1 atom stereocenters. The summed E-state index contributed by atoms with van der Waals surface area (Å²) in [6, 6.07) is 10.2. The Hall–Kier alpha value is -2.58. The van der Waals surface area contributed by atoms with Crippen molar-refractivity contribution in [3.05, 3.63) is 52.8 Å². The predicted octanol–water partition coefficient (Wildman–Crippen LogP) is 5.51. The summed E-state index contributed by atoms with van der Waals surface area (Å²) in [6.45, 7) is 3.65. The average molecular weight is 461 g/mol. The van der Waals surface area contributed by atoms with Gasteiger partial charge < -0.3 is 10.1 Å². The van der Waals surface area contributed by atoms with E-state index in [-0.39, 0.29) is 17.8 Å². The molecule has 3 aromatic rings. The van der Waals surface area contributed by atoms with Crippen LogP contribution >= 0.6 is 23.4 Å². The Morgan fingerprint density at radius 1 is 1.32 bits per heavy atom. The molecule has 0 aliphatic heterocycles. The van der Waals surface area contributed by atoms with Crippen molar-refractivity contribution in [2.45, 2.75) is 43.1 Å². The number of halogens is 2. The van der Waals surface area contributed by atoms with Crippen molar-refractivity contribution in [1.82, 2.24) is 14.8 Å². The maximum absolute atomic E-state index is 14.3. The first-order valence-corrected chi connectivity index (χ1v) is 11.2. The Labute approximate surface area is 189 Å². The minimum Gasteiger partial charge on any atom is -0.495 e. The molecule has 0 spiro atoms. The summed E-state index contributed by atoms with van der Waals surface area (Å²) in [5, 5.41) is 12.1. The van der Waals surface area contributed by atoms with Crippen LogP contribution in [0.4, 0.5) is 10.1 Å². The fourth-order valence-electron chi connectivity index (χ4n) is 3.22. The van der Waals surface area contributed by atoms with Gasteiger partial charge in [0, 0.05) is 17.1 Å². The number of anilines is 1. The minimum absolute atomic E-state index is 0.206. The topological polar surface area (TPSA) is 69.0 Å². The predicted molar refractivity (Wildman–Crippen MR) is 120 cm³/mol. The molecule has 1 unspecified atom stereocenters. The molecule has 1 amide bonds. The standard InChI is InChI=1S/C22H22ClFN4O2S/c1-12-10-18(19(30-3)11-16(12)23)25-21(29)13(2)31-22-27-26-20(28(22)14-8-9-14)15-6-4-5-7-17(15)24/h4-7,10-11,13-14H,8-9H2,1-3H3,(H,25,29). The van der Waals surface area contributed by atoms with Crippen molar-refractivity contribution in [2.24, 2.45) is 0 Å². The second-order valence-corrected chi connectivity index (χ2v) is 9.15. The second-order valence-electron chi connectivity index (χ2n) is 7.44. The maximum Gasteiger partial charge on any atom is 0.237 e. The number of benzene rings is 2. The summed E-state index contributed by atoms with van der Waals surface area (Å²) in [4.78, 5) is 12.9. The number of nitrogens with zero attached hydrogens (tertiary/aromatic N) is 3. The fourth-order valence-corrected chi connectivity index (χ4v) is 4.29. The third kappa shape index (κ3) is 4.55. The third-order valence-electron chi connectivity index (χ3n) is 5.08. The quantitative estimate of drug-likeness (QED) is 0.471. The van der Waals surface area contributed by atoms with Gasteiger partial charge in [-0.25, -0.2) is 4.39 Å². The van der Waals surface area contributed by atoms with Gasteiger partial charge in [-0.1, -0.05) is 35.5 Å². The van der Waals surface area contributed by atoms with Gasteiger partial charge in [-0.3, -0.25) is 9.36 Å². The summed E-state index contributed by atoms with van der Waals surface area (Å²) >= 11 is 7.44. The van der Waals surface area contributed by atoms with Crippen LogP contribution in [0.1, 0.15) is 31.4 Å². The van der Waals surface area contributed by atoms with Gasteiger partial charge >= 0.3 is 0 Å². The fraction of sp³-hybridized carbons (Fsp3) is 0.318. The van der Waals surface area contributed by atoms with Gasteiger partial charge in [0.25, 0.3) is 0 Å². The Bertz CT molecular complexity index is 1130. The van der Waals surface area contributed by atoms with Gasteiger partial charge in [-0.05, 0) is 50.5 Å². The van der Waals surface area contributed by atoms with E-state index in [1.165, 1.54) is 24.9 Å². The van der Waals surface area contributed by atoms with Crippen molar-refractivity contribution in [1.29, 1.82) is 0 Å². The maximum atomic E-state index is 14.3. The molecule has 9 heteroatoms. The molecular weight excluding hydrogens is 439 g/mol. The third-order valence-corrected chi connectivity index (χ3v) is 6.55. The van der Waals surface area contributed by atoms with E-state index in [2.05, 4.69) is 15.5 Å². The van der Waals surface area contributed by atoms with Crippen LogP contribution in [0.15, 0.2) is 41.6 Å². The second kappa shape index (κ2) is 8.88. The van der Waals surface area contributed by atoms with Crippen LogP contribution in [0.3, 0.4) is 0 Å². The summed E-state index contributed by atoms with van der Waals surface area (Å²) in [6.07, 6.45) is 1.96. The number of nitrogens with one attached hydrogen (secondary N) is 1. The van der Waals surface area contributed by atoms with Crippen LogP contribution in [0.2, 0.25) is 5.02 Å². The Morgan fingerprint density at radius 2 is 2.06 bits per heavy atom. The van der Waals surface area contributed by atoms with Crippen molar-refractivity contribution >= 4 is 35.0 Å². The van der Waals surface area contributed by atoms with E-state index < -0.39 is 5.25 Å². The highest BCUT2D eigenvalue weighted by Gasteiger charge is 2.32. The number of amides is 1. The first kappa shape index (κ1) is 21.6. The SMILES string of the molecule is COc1cc(Cl)c(C)cc1NC(=O)C(C)Sc1nnc(-c2ccccc2F)n1C1CC1. The summed E-state index contributed by atoms with van der Waals surface area (Å²) in [5.41, 5.74) is 1.80. The zero-order valence-corrected chi connectivity index (χ0v) is 18.9. The minimum atomic E-state index is -0.462. The molecule has 1 N–H and O–H groups in total. The lowest BCUT2D eigenvalue weighted by atomic mass is 10.2. The molecule has 2 aromatic carbocycles. The number of hydrogen-bond donors (Lipinski definition) is 1. The number of aromatic nitrogens is 3. The van der Waals surface area contributed by atoms with E-state index >= 15 is 0 Å². The number of hydrogen-bond acceptors (Lipinski definition) is 5. The zero-order chi connectivity index (χ0) is 22.1. The van der Waals surface area contributed by atoms with E-state index in [1.54, 1.807) is 37.3 Å². The highest BCUT2D eigenvalue weighted by atomic mass is 35.5. The Balaban J connectivity index is 1.55. The molecule has 1 heterocycles. The molecule has 4 rings (SSSR count). The van der Waals surface area contributed by atoms with Gasteiger partial charge in [0.15, 0.2) is 11.0 Å². The van der Waals surface area contributed by atoms with E-state index in [1.807, 2.05) is 11.5 Å². The van der Waals surface area contributed by atoms with Crippen LogP contribution < -0.4 is 10.1 Å². The van der Waals surface area contributed by atoms with E-state index in [4.69, 9.17) is 16.3 Å². The monoisotopic (exact) mass is 460 g/mol. The first-order valence-electron chi connectivity index (χ1n) is 9.90. The molecule has 1 aliphatic rings. The molecule has 1 aliphatic carbocycles. The summed E-state index contributed by atoms with van der Waals surface area (Å²) in [5.74, 6) is 0.432. The molecule has 1 aromatic heterocycles. The largest absolute Gasteiger partial charge is 0.495 e. The van der Waals surface area contributed by atoms with E-state index in [0.717, 1.165) is 18.4 Å². The van der Waals surface area contributed by atoms with Gasteiger partial charge in [-0.15, -0.1) is 10.2 Å². The number of aryl methyl sites for hydroxylation is 1. The van der Waals surface area contributed by atoms with Crippen molar-refractivity contribution in [3.8, 4) is 17.1 Å². The van der Waals surface area contributed by atoms with Gasteiger partial charge in [-0.2, -0.15) is 0 Å². The smallest absolute Gasteiger partial charge is 0.237 e. The number of methoxy groups -OCH3 is 1. The zero-order valence-electron chi connectivity index (χ0n) is 17.4. The normalized spacial score (nSPS) is 14.4. The van der Waals surface area contributed by atoms with Crippen molar-refractivity contribution < 1.29 is 13.9 Å². The summed E-state index contributed by atoms with van der Waals surface area (Å²) in [7, 11) is 1.52. The Kier molecular flexibility index (Phi) is 6.20. The summed E-state index contributed by atoms with van der Waals surface area (Å²) < 4.78 is 21.6. The molecule has 1 saturated carbocycles. The van der Waals surface area contributed by atoms with Gasteiger partial charge in [0.05, 0.1) is 23.6 Å². The number of carbonyl (C=O) groups is 1. The lowest BCUT2D eigenvalue weighted by Crippen LogP contribution is -2.23. The van der Waals surface area contributed by atoms with Crippen molar-refractivity contribution in [2.75, 3.05) is 12.4 Å². The number of carbonyl (C=O) groups excluding carboxylic acids is 1. The van der Waals surface area contributed by atoms with Crippen LogP contribution in [0.25, 0.3) is 11.4 Å². The lowest BCUT2D eigenvalue weighted by Gasteiger charge is -2.16. The number of ether oxygens (including phenoxy) is 1. The molecule has 0 bridgehead atoms. The van der Waals surface area contributed by atoms with E-state index in [9.17, 15) is 9.18 Å². The van der Waals surface area contributed by atoms with E-state index in [0.29, 0.717) is 33.0 Å². The average Bonchev–Trinajstić information content (AvgIpc) is 3.51. The highest BCUT2D eigenvalue weighted by Crippen LogP contribution is 2.42. The highest BCUT2D eigenvalue weighted by molar-refractivity contribution is 8.00.